The van der Waals surface area contributed by atoms with Crippen LogP contribution in [0.5, 0.6) is 0 Å². The number of aliphatic hydroxyl groups excluding tert-OH is 1. The molecule has 5 heteroatoms. The predicted molar refractivity (Wildman–Crippen MR) is 125 cm³/mol. The first kappa shape index (κ1) is 21.3. The van der Waals surface area contributed by atoms with Crippen LogP contribution in [-0.4, -0.2) is 36.3 Å². The lowest BCUT2D eigenvalue weighted by Gasteiger charge is -2.49. The molecule has 2 heterocycles. The first-order valence-electron chi connectivity index (χ1n) is 9.63. The highest BCUT2D eigenvalue weighted by Crippen LogP contribution is 2.61. The van der Waals surface area contributed by atoms with Gasteiger partial charge in [0.25, 0.3) is 0 Å². The maximum atomic E-state index is 11.5. The summed E-state index contributed by atoms with van der Waals surface area (Å²) in [7, 11) is 0. The van der Waals surface area contributed by atoms with Gasteiger partial charge in [-0.25, -0.2) is 0 Å². The largest absolute Gasteiger partial charge is 0.386 e. The van der Waals surface area contributed by atoms with Crippen LogP contribution in [0.25, 0.3) is 0 Å². The van der Waals surface area contributed by atoms with Crippen molar-refractivity contribution < 1.29 is 5.11 Å². The van der Waals surface area contributed by atoms with Crippen LogP contribution in [0.1, 0.15) is 58.1 Å². The van der Waals surface area contributed by atoms with Crippen LogP contribution in [0.15, 0.2) is 30.3 Å². The third-order valence-corrected chi connectivity index (χ3v) is 11.6. The molecule has 0 bridgehead atoms. The molecule has 1 atom stereocenters. The second-order valence-electron chi connectivity index (χ2n) is 8.55. The Kier molecular flexibility index (Phi) is 7.32. The summed E-state index contributed by atoms with van der Waals surface area (Å²) in [6.07, 6.45) is 4.46. The van der Waals surface area contributed by atoms with Crippen LogP contribution in [0.4, 0.5) is 0 Å². The predicted octanol–water partition coefficient (Wildman–Crippen LogP) is 6.68. The highest BCUT2D eigenvalue weighted by atomic mass is 32.2. The second kappa shape index (κ2) is 8.94. The molecule has 0 aromatic heterocycles. The van der Waals surface area contributed by atoms with Crippen LogP contribution < -0.4 is 0 Å². The Bertz CT molecular complexity index is 557. The third-order valence-electron chi connectivity index (χ3n) is 4.85. The maximum Gasteiger partial charge on any atom is 0.103 e. The van der Waals surface area contributed by atoms with Crippen molar-refractivity contribution in [2.45, 2.75) is 60.7 Å². The minimum Gasteiger partial charge on any atom is -0.386 e. The second-order valence-corrected chi connectivity index (χ2v) is 14.9. The van der Waals surface area contributed by atoms with Crippen molar-refractivity contribution in [2.24, 2.45) is 5.41 Å². The lowest BCUT2D eigenvalue weighted by Crippen LogP contribution is -2.42. The van der Waals surface area contributed by atoms with Gasteiger partial charge < -0.3 is 5.11 Å². The number of aliphatic hydroxyl groups is 1. The molecular formula is C21H32OS4. The number of hydrogen-bond acceptors (Lipinski definition) is 5. The molecule has 2 saturated heterocycles. The number of hydrogen-bond donors (Lipinski definition) is 1. The molecule has 0 spiro atoms. The fraction of sp³-hybridized carbons (Fsp3) is 0.714. The van der Waals surface area contributed by atoms with Gasteiger partial charge in [-0.15, -0.1) is 47.0 Å². The van der Waals surface area contributed by atoms with E-state index < -0.39 is 6.10 Å². The highest BCUT2D eigenvalue weighted by molar-refractivity contribution is 8.20. The van der Waals surface area contributed by atoms with E-state index in [0.717, 1.165) is 23.5 Å². The summed E-state index contributed by atoms with van der Waals surface area (Å²) >= 11 is 8.37. The molecule has 1 nitrogen and oxygen atoms in total. The number of benzene rings is 1. The Balaban J connectivity index is 1.91. The van der Waals surface area contributed by atoms with Crippen LogP contribution in [0, 0.1) is 5.41 Å². The van der Waals surface area contributed by atoms with Crippen molar-refractivity contribution in [1.29, 1.82) is 0 Å². The molecule has 0 radical (unpaired) electrons. The Morgan fingerprint density at radius 1 is 0.923 bits per heavy atom. The average Bonchev–Trinajstić information content (AvgIpc) is 2.61. The van der Waals surface area contributed by atoms with E-state index in [9.17, 15) is 5.11 Å². The van der Waals surface area contributed by atoms with E-state index in [2.05, 4.69) is 68.6 Å². The van der Waals surface area contributed by atoms with E-state index in [1.54, 1.807) is 0 Å². The molecule has 2 aliphatic rings. The fourth-order valence-corrected chi connectivity index (χ4v) is 11.9. The molecular weight excluding hydrogens is 396 g/mol. The average molecular weight is 429 g/mol. The minimum absolute atomic E-state index is 0.123. The molecule has 1 N–H and O–H groups in total. The summed E-state index contributed by atoms with van der Waals surface area (Å²) in [6, 6.07) is 10.3. The van der Waals surface area contributed by atoms with Crippen molar-refractivity contribution in [3.8, 4) is 0 Å². The SMILES string of the molecule is CC(C)(C)CC1(CC2(C(O)c3ccccc3)SCCCS2)SCCCS1. The summed E-state index contributed by atoms with van der Waals surface area (Å²) in [5.41, 5.74) is 1.38. The Labute approximate surface area is 176 Å². The molecule has 146 valence electrons. The van der Waals surface area contributed by atoms with Gasteiger partial charge in [-0.2, -0.15) is 0 Å². The Morgan fingerprint density at radius 3 is 2.00 bits per heavy atom. The first-order valence-corrected chi connectivity index (χ1v) is 13.6. The van der Waals surface area contributed by atoms with E-state index in [4.69, 9.17) is 0 Å². The molecule has 0 amide bonds. The highest BCUT2D eigenvalue weighted by Gasteiger charge is 2.50. The van der Waals surface area contributed by atoms with Gasteiger partial charge in [-0.1, -0.05) is 51.1 Å². The number of thioether (sulfide) groups is 4. The first-order chi connectivity index (χ1) is 12.3. The molecule has 0 aliphatic carbocycles. The van der Waals surface area contributed by atoms with Gasteiger partial charge in [0, 0.05) is 0 Å². The van der Waals surface area contributed by atoms with Crippen molar-refractivity contribution in [2.75, 3.05) is 23.0 Å². The molecule has 1 aromatic rings. The van der Waals surface area contributed by atoms with Gasteiger partial charge in [0.2, 0.25) is 0 Å². The molecule has 3 rings (SSSR count). The zero-order chi connectivity index (χ0) is 18.7. The maximum absolute atomic E-state index is 11.5. The van der Waals surface area contributed by atoms with Crippen molar-refractivity contribution in [3.05, 3.63) is 35.9 Å². The molecule has 1 unspecified atom stereocenters. The monoisotopic (exact) mass is 428 g/mol. The summed E-state index contributed by atoms with van der Waals surface area (Å²) in [4.78, 5) is 0. The van der Waals surface area contributed by atoms with Crippen LogP contribution in [0.3, 0.4) is 0 Å². The van der Waals surface area contributed by atoms with Gasteiger partial charge in [0.1, 0.15) is 6.10 Å². The van der Waals surface area contributed by atoms with Crippen molar-refractivity contribution >= 4 is 47.0 Å². The lowest BCUT2D eigenvalue weighted by molar-refractivity contribution is 0.155. The smallest absolute Gasteiger partial charge is 0.103 e. The summed E-state index contributed by atoms with van der Waals surface area (Å²) in [5, 5.41) is 11.5. The normalized spacial score (nSPS) is 24.2. The van der Waals surface area contributed by atoms with Crippen molar-refractivity contribution in [3.63, 3.8) is 0 Å². The van der Waals surface area contributed by atoms with E-state index >= 15 is 0 Å². The van der Waals surface area contributed by atoms with Gasteiger partial charge >= 0.3 is 0 Å². The van der Waals surface area contributed by atoms with E-state index in [-0.39, 0.29) is 8.16 Å². The van der Waals surface area contributed by atoms with Gasteiger partial charge in [-0.05, 0) is 59.7 Å². The van der Waals surface area contributed by atoms with Crippen molar-refractivity contribution in [1.82, 2.24) is 0 Å². The van der Waals surface area contributed by atoms with E-state index in [1.807, 2.05) is 29.6 Å². The summed E-state index contributed by atoms with van der Waals surface area (Å²) < 4.78 is 0.103. The molecule has 2 aliphatic heterocycles. The quantitative estimate of drug-likeness (QED) is 0.562. The van der Waals surface area contributed by atoms with Crippen LogP contribution >= 0.6 is 47.0 Å². The zero-order valence-corrected chi connectivity index (χ0v) is 19.5. The Hall–Kier alpha value is 0.580. The molecule has 0 saturated carbocycles. The zero-order valence-electron chi connectivity index (χ0n) is 16.2. The minimum atomic E-state index is -0.404. The summed E-state index contributed by atoms with van der Waals surface area (Å²) in [5.74, 6) is 4.85. The van der Waals surface area contributed by atoms with E-state index in [1.165, 1.54) is 30.8 Å². The van der Waals surface area contributed by atoms with Crippen LogP contribution in [0.2, 0.25) is 0 Å². The summed E-state index contributed by atoms with van der Waals surface area (Å²) in [6.45, 7) is 7.10. The molecule has 2 fully saturated rings. The lowest BCUT2D eigenvalue weighted by atomic mass is 9.87. The Morgan fingerprint density at radius 2 is 1.46 bits per heavy atom. The molecule has 26 heavy (non-hydrogen) atoms. The van der Waals surface area contributed by atoms with E-state index in [0.29, 0.717) is 5.41 Å². The number of rotatable bonds is 5. The fourth-order valence-electron chi connectivity index (χ4n) is 3.90. The topological polar surface area (TPSA) is 20.2 Å². The van der Waals surface area contributed by atoms with Gasteiger partial charge in [0.15, 0.2) is 0 Å². The van der Waals surface area contributed by atoms with Gasteiger partial charge in [-0.3, -0.25) is 0 Å². The van der Waals surface area contributed by atoms with Crippen LogP contribution in [-0.2, 0) is 0 Å². The molecule has 1 aromatic carbocycles. The standard InChI is InChI=1S/C21H32OS4/c1-19(2,3)15-20(23-11-7-12-24-20)16-21(25-13-8-14-26-21)18(22)17-9-5-4-6-10-17/h4-6,9-10,18,22H,7-8,11-16H2,1-3H3. The third kappa shape index (κ3) is 5.34. The van der Waals surface area contributed by atoms with Gasteiger partial charge in [0.05, 0.1) is 8.16 Å².